The molecule has 1 unspecified atom stereocenters. The molecule has 0 saturated carbocycles. The van der Waals surface area contributed by atoms with Crippen LogP contribution in [0.25, 0.3) is 0 Å². The van der Waals surface area contributed by atoms with Gasteiger partial charge in [0.25, 0.3) is 0 Å². The summed E-state index contributed by atoms with van der Waals surface area (Å²) in [6.45, 7) is 14.2. The van der Waals surface area contributed by atoms with Crippen LogP contribution >= 0.6 is 0 Å². The molecule has 0 N–H and O–H groups in total. The Hall–Kier alpha value is -0.450. The highest BCUT2D eigenvalue weighted by atomic mass is 16.5. The summed E-state index contributed by atoms with van der Waals surface area (Å²) < 4.78 is 5.41. The molecule has 1 heterocycles. The number of hydrogen-bond donors (Lipinski definition) is 0. The Kier molecular flexibility index (Phi) is 7.57. The van der Waals surface area contributed by atoms with Crippen molar-refractivity contribution in [1.29, 1.82) is 0 Å². The molecule has 0 aromatic heterocycles. The first-order valence-electron chi connectivity index (χ1n) is 7.68. The lowest BCUT2D eigenvalue weighted by Gasteiger charge is -2.30. The third-order valence-corrected chi connectivity index (χ3v) is 4.21. The van der Waals surface area contributed by atoms with Gasteiger partial charge in [-0.05, 0) is 45.6 Å². The van der Waals surface area contributed by atoms with Crippen LogP contribution in [-0.4, -0.2) is 68.6 Å². The summed E-state index contributed by atoms with van der Waals surface area (Å²) in [4.78, 5) is 16.2. The van der Waals surface area contributed by atoms with Crippen LogP contribution in [0.1, 0.15) is 33.6 Å². The van der Waals surface area contributed by atoms with Crippen molar-refractivity contribution in [3.05, 3.63) is 0 Å². The van der Waals surface area contributed by atoms with Crippen molar-refractivity contribution in [1.82, 2.24) is 9.80 Å². The van der Waals surface area contributed by atoms with Gasteiger partial charge in [0.1, 0.15) is 6.29 Å². The molecule has 4 nitrogen and oxygen atoms in total. The zero-order valence-electron chi connectivity index (χ0n) is 12.9. The topological polar surface area (TPSA) is 32.8 Å². The summed E-state index contributed by atoms with van der Waals surface area (Å²) in [5, 5.41) is 0. The van der Waals surface area contributed by atoms with E-state index in [0.717, 1.165) is 58.6 Å². The highest BCUT2D eigenvalue weighted by molar-refractivity contribution is 5.60. The number of nitrogens with zero attached hydrogens (tertiary/aromatic N) is 2. The van der Waals surface area contributed by atoms with E-state index < -0.39 is 0 Å². The van der Waals surface area contributed by atoms with Crippen LogP contribution < -0.4 is 0 Å². The zero-order chi connectivity index (χ0) is 14.1. The molecule has 0 amide bonds. The zero-order valence-corrected chi connectivity index (χ0v) is 12.9. The lowest BCUT2D eigenvalue weighted by Crippen LogP contribution is -2.40. The molecule has 1 aliphatic heterocycles. The van der Waals surface area contributed by atoms with Crippen molar-refractivity contribution in [3.63, 3.8) is 0 Å². The molecule has 112 valence electrons. The molecule has 0 spiro atoms. The summed E-state index contributed by atoms with van der Waals surface area (Å²) in [6.07, 6.45) is 3.17. The fraction of sp³-hybridized carbons (Fsp3) is 0.933. The van der Waals surface area contributed by atoms with E-state index in [0.29, 0.717) is 6.61 Å². The van der Waals surface area contributed by atoms with Crippen LogP contribution in [0.15, 0.2) is 0 Å². The third kappa shape index (κ3) is 5.21. The van der Waals surface area contributed by atoms with Gasteiger partial charge in [-0.1, -0.05) is 20.8 Å². The van der Waals surface area contributed by atoms with Crippen molar-refractivity contribution in [2.75, 3.05) is 52.5 Å². The van der Waals surface area contributed by atoms with Crippen molar-refractivity contribution < 1.29 is 9.53 Å². The van der Waals surface area contributed by atoms with E-state index in [9.17, 15) is 4.79 Å². The van der Waals surface area contributed by atoms with Gasteiger partial charge in [-0.2, -0.15) is 0 Å². The number of hydrogen-bond acceptors (Lipinski definition) is 4. The molecule has 0 aromatic rings. The number of carbonyl (C=O) groups is 1. The van der Waals surface area contributed by atoms with Gasteiger partial charge in [-0.25, -0.2) is 0 Å². The Balaban J connectivity index is 2.34. The minimum atomic E-state index is -0.245. The average molecular weight is 270 g/mol. The van der Waals surface area contributed by atoms with Crippen LogP contribution in [-0.2, 0) is 9.53 Å². The number of rotatable bonds is 10. The Morgan fingerprint density at radius 2 is 1.74 bits per heavy atom. The van der Waals surface area contributed by atoms with Crippen LogP contribution in [0, 0.1) is 5.41 Å². The lowest BCUT2D eigenvalue weighted by atomic mass is 9.88. The molecule has 0 radical (unpaired) electrons. The van der Waals surface area contributed by atoms with Crippen LogP contribution in [0.5, 0.6) is 0 Å². The van der Waals surface area contributed by atoms with Gasteiger partial charge in [0.15, 0.2) is 0 Å². The molecule has 1 aliphatic rings. The highest BCUT2D eigenvalue weighted by Gasteiger charge is 2.36. The highest BCUT2D eigenvalue weighted by Crippen LogP contribution is 2.27. The summed E-state index contributed by atoms with van der Waals surface area (Å²) in [6, 6.07) is 0. The SMILES string of the molecule is CCN(CC)CCCN(CC)CC1(C=O)CCOC1. The van der Waals surface area contributed by atoms with E-state index in [2.05, 4.69) is 30.6 Å². The molecule has 4 heteroatoms. The molecule has 0 bridgehead atoms. The minimum Gasteiger partial charge on any atom is -0.380 e. The monoisotopic (exact) mass is 270 g/mol. The molecule has 1 rings (SSSR count). The van der Waals surface area contributed by atoms with E-state index in [-0.39, 0.29) is 5.41 Å². The van der Waals surface area contributed by atoms with Crippen LogP contribution in [0.4, 0.5) is 0 Å². The second kappa shape index (κ2) is 8.67. The summed E-state index contributed by atoms with van der Waals surface area (Å²) >= 11 is 0. The van der Waals surface area contributed by atoms with Gasteiger partial charge in [0, 0.05) is 13.2 Å². The molecular weight excluding hydrogens is 240 g/mol. The Morgan fingerprint density at radius 3 is 2.21 bits per heavy atom. The first-order chi connectivity index (χ1) is 9.19. The molecule has 0 aliphatic carbocycles. The van der Waals surface area contributed by atoms with E-state index in [1.165, 1.54) is 6.42 Å². The van der Waals surface area contributed by atoms with E-state index in [1.54, 1.807) is 0 Å². The smallest absolute Gasteiger partial charge is 0.129 e. The summed E-state index contributed by atoms with van der Waals surface area (Å²) in [7, 11) is 0. The fourth-order valence-electron chi connectivity index (χ4n) is 2.73. The predicted molar refractivity (Wildman–Crippen MR) is 78.5 cm³/mol. The lowest BCUT2D eigenvalue weighted by molar-refractivity contribution is -0.117. The Morgan fingerprint density at radius 1 is 1.11 bits per heavy atom. The van der Waals surface area contributed by atoms with Gasteiger partial charge >= 0.3 is 0 Å². The van der Waals surface area contributed by atoms with E-state index >= 15 is 0 Å². The number of carbonyl (C=O) groups excluding carboxylic acids is 1. The predicted octanol–water partition coefficient (Wildman–Crippen LogP) is 1.65. The molecular formula is C15H30N2O2. The maximum absolute atomic E-state index is 11.3. The minimum absolute atomic E-state index is 0.245. The number of ether oxygens (including phenoxy) is 1. The number of aldehydes is 1. The van der Waals surface area contributed by atoms with Gasteiger partial charge in [0.05, 0.1) is 12.0 Å². The van der Waals surface area contributed by atoms with Crippen molar-refractivity contribution in [2.24, 2.45) is 5.41 Å². The fourth-order valence-corrected chi connectivity index (χ4v) is 2.73. The van der Waals surface area contributed by atoms with Gasteiger partial charge in [0.2, 0.25) is 0 Å². The quantitative estimate of drug-likeness (QED) is 0.565. The second-order valence-electron chi connectivity index (χ2n) is 5.53. The van der Waals surface area contributed by atoms with Gasteiger partial charge in [-0.15, -0.1) is 0 Å². The molecule has 19 heavy (non-hydrogen) atoms. The second-order valence-corrected chi connectivity index (χ2v) is 5.53. The molecule has 1 saturated heterocycles. The van der Waals surface area contributed by atoms with Crippen molar-refractivity contribution in [2.45, 2.75) is 33.6 Å². The largest absolute Gasteiger partial charge is 0.380 e. The maximum Gasteiger partial charge on any atom is 0.129 e. The average Bonchev–Trinajstić information content (AvgIpc) is 2.91. The normalized spacial score (nSPS) is 23.4. The van der Waals surface area contributed by atoms with Crippen molar-refractivity contribution in [3.8, 4) is 0 Å². The van der Waals surface area contributed by atoms with Crippen LogP contribution in [0.3, 0.4) is 0 Å². The van der Waals surface area contributed by atoms with Gasteiger partial charge in [-0.3, -0.25) is 0 Å². The first-order valence-corrected chi connectivity index (χ1v) is 7.68. The molecule has 1 fully saturated rings. The first kappa shape index (κ1) is 16.6. The van der Waals surface area contributed by atoms with Gasteiger partial charge < -0.3 is 19.3 Å². The van der Waals surface area contributed by atoms with Crippen molar-refractivity contribution >= 4 is 6.29 Å². The van der Waals surface area contributed by atoms with E-state index in [1.807, 2.05) is 0 Å². The summed E-state index contributed by atoms with van der Waals surface area (Å²) in [5.74, 6) is 0. The Labute approximate surface area is 118 Å². The van der Waals surface area contributed by atoms with Crippen LogP contribution in [0.2, 0.25) is 0 Å². The molecule has 1 atom stereocenters. The van der Waals surface area contributed by atoms with E-state index in [4.69, 9.17) is 4.74 Å². The maximum atomic E-state index is 11.3. The molecule has 0 aromatic carbocycles. The third-order valence-electron chi connectivity index (χ3n) is 4.21. The Bertz CT molecular complexity index is 249. The standard InChI is InChI=1S/C15H30N2O2/c1-4-16(5-2)9-7-10-17(6-3)12-15(13-18)8-11-19-14-15/h13H,4-12,14H2,1-3H3. The summed E-state index contributed by atoms with van der Waals surface area (Å²) in [5.41, 5.74) is -0.245.